The van der Waals surface area contributed by atoms with Crippen molar-refractivity contribution in [3.8, 4) is 22.6 Å². The van der Waals surface area contributed by atoms with Crippen molar-refractivity contribution in [3.63, 3.8) is 0 Å². The summed E-state index contributed by atoms with van der Waals surface area (Å²) in [5.74, 6) is 1.32. The Bertz CT molecular complexity index is 1850. The molecular weight excluding hydrogens is 476 g/mol. The molecule has 3 heterocycles. The summed E-state index contributed by atoms with van der Waals surface area (Å²) in [6.45, 7) is 0. The topological polar surface area (TPSA) is 56.2 Å². The molecule has 5 nitrogen and oxygen atoms in total. The lowest BCUT2D eigenvalue weighted by Gasteiger charge is -2.10. The normalized spacial score (nSPS) is 11.8. The van der Waals surface area contributed by atoms with Gasteiger partial charge in [-0.15, -0.1) is 10.2 Å². The van der Waals surface area contributed by atoms with Gasteiger partial charge in [0.15, 0.2) is 5.82 Å². The monoisotopic (exact) mass is 490 g/mol. The summed E-state index contributed by atoms with van der Waals surface area (Å²) in [6, 6.07) is 30.5. The van der Waals surface area contributed by atoms with Crippen LogP contribution in [0.3, 0.4) is 0 Å². The summed E-state index contributed by atoms with van der Waals surface area (Å²) in [6.07, 6.45) is 0. The van der Waals surface area contributed by atoms with Crippen LogP contribution in [-0.2, 0) is 0 Å². The molecule has 156 valence electrons. The quantitative estimate of drug-likeness (QED) is 0.255. The Kier molecular flexibility index (Phi) is 3.92. The predicted octanol–water partition coefficient (Wildman–Crippen LogP) is 7.27. The van der Waals surface area contributed by atoms with E-state index in [-0.39, 0.29) is 0 Å². The van der Waals surface area contributed by atoms with E-state index in [4.69, 9.17) is 9.40 Å². The minimum Gasteiger partial charge on any atom is -0.456 e. The van der Waals surface area contributed by atoms with Crippen LogP contribution in [0.1, 0.15) is 0 Å². The van der Waals surface area contributed by atoms with Gasteiger partial charge in [0.25, 0.3) is 5.78 Å². The third-order valence-electron chi connectivity index (χ3n) is 6.00. The molecule has 0 saturated carbocycles. The smallest absolute Gasteiger partial charge is 0.256 e. The molecule has 0 spiro atoms. The molecule has 33 heavy (non-hydrogen) atoms. The Balaban J connectivity index is 1.60. The van der Waals surface area contributed by atoms with Crippen molar-refractivity contribution in [2.45, 2.75) is 0 Å². The Morgan fingerprint density at radius 2 is 1.52 bits per heavy atom. The van der Waals surface area contributed by atoms with Gasteiger partial charge in [0.2, 0.25) is 0 Å². The average Bonchev–Trinajstić information content (AvgIpc) is 3.45. The van der Waals surface area contributed by atoms with Gasteiger partial charge >= 0.3 is 0 Å². The zero-order valence-electron chi connectivity index (χ0n) is 17.2. The molecule has 0 amide bonds. The van der Waals surface area contributed by atoms with Crippen LogP contribution in [0.5, 0.6) is 0 Å². The van der Waals surface area contributed by atoms with Gasteiger partial charge in [-0.1, -0.05) is 76.6 Å². The number of furan rings is 1. The first-order valence-electron chi connectivity index (χ1n) is 10.6. The summed E-state index contributed by atoms with van der Waals surface area (Å²) < 4.78 is 9.13. The third kappa shape index (κ3) is 2.74. The van der Waals surface area contributed by atoms with Gasteiger partial charge in [-0.3, -0.25) is 4.40 Å². The highest BCUT2D eigenvalue weighted by atomic mass is 79.9. The maximum atomic E-state index is 6.12. The van der Waals surface area contributed by atoms with Gasteiger partial charge in [-0.05, 0) is 30.3 Å². The van der Waals surface area contributed by atoms with Gasteiger partial charge in [0.1, 0.15) is 11.2 Å². The van der Waals surface area contributed by atoms with Crippen molar-refractivity contribution in [3.05, 3.63) is 95.5 Å². The van der Waals surface area contributed by atoms with E-state index in [2.05, 4.69) is 50.4 Å². The first-order chi connectivity index (χ1) is 16.3. The van der Waals surface area contributed by atoms with Crippen molar-refractivity contribution >= 4 is 54.5 Å². The van der Waals surface area contributed by atoms with Crippen LogP contribution < -0.4 is 0 Å². The highest BCUT2D eigenvalue weighted by Crippen LogP contribution is 2.39. The van der Waals surface area contributed by atoms with E-state index in [1.54, 1.807) is 0 Å². The van der Waals surface area contributed by atoms with E-state index < -0.39 is 0 Å². The van der Waals surface area contributed by atoms with Crippen LogP contribution in [0, 0.1) is 0 Å². The maximum absolute atomic E-state index is 6.12. The summed E-state index contributed by atoms with van der Waals surface area (Å²) in [7, 11) is 0. The number of fused-ring (bicyclic) bond motifs is 6. The molecule has 6 heteroatoms. The van der Waals surface area contributed by atoms with Crippen molar-refractivity contribution in [1.82, 2.24) is 19.6 Å². The van der Waals surface area contributed by atoms with Crippen molar-refractivity contribution < 1.29 is 4.42 Å². The number of hydrogen-bond acceptors (Lipinski definition) is 4. The molecule has 0 N–H and O–H groups in total. The number of hydrogen-bond donors (Lipinski definition) is 0. The molecule has 0 aliphatic rings. The fourth-order valence-corrected chi connectivity index (χ4v) is 4.99. The molecule has 0 aliphatic carbocycles. The molecule has 0 bridgehead atoms. The molecule has 0 unspecified atom stereocenters. The largest absolute Gasteiger partial charge is 0.456 e. The molecule has 0 radical (unpaired) electrons. The highest BCUT2D eigenvalue weighted by Gasteiger charge is 2.19. The van der Waals surface area contributed by atoms with Crippen LogP contribution in [0.4, 0.5) is 0 Å². The Morgan fingerprint density at radius 1 is 0.727 bits per heavy atom. The van der Waals surface area contributed by atoms with Crippen LogP contribution in [0.25, 0.3) is 61.3 Å². The Labute approximate surface area is 196 Å². The SMILES string of the molecule is Brc1cccc(-c2nnc3nc(-c4cccc5oc6ccccc6c45)c4ccccc4n23)c1. The second-order valence-corrected chi connectivity index (χ2v) is 8.84. The molecular formula is C27H15BrN4O. The van der Waals surface area contributed by atoms with Gasteiger partial charge in [-0.25, -0.2) is 4.98 Å². The van der Waals surface area contributed by atoms with E-state index >= 15 is 0 Å². The minimum absolute atomic E-state index is 0.559. The standard InChI is InChI=1S/C27H15BrN4O/c28-17-8-5-7-16(15-17)26-30-31-27-29-25(18-9-1-3-12-21(18)32(26)27)20-11-6-14-23-24(20)19-10-2-4-13-22(19)33-23/h1-15H. The Morgan fingerprint density at radius 3 is 2.42 bits per heavy atom. The van der Waals surface area contributed by atoms with Gasteiger partial charge in [-0.2, -0.15) is 0 Å². The van der Waals surface area contributed by atoms with E-state index in [0.29, 0.717) is 5.78 Å². The highest BCUT2D eigenvalue weighted by molar-refractivity contribution is 9.10. The number of rotatable bonds is 2. The first-order valence-corrected chi connectivity index (χ1v) is 11.4. The minimum atomic E-state index is 0.559. The number of para-hydroxylation sites is 2. The van der Waals surface area contributed by atoms with Crippen LogP contribution >= 0.6 is 15.9 Å². The van der Waals surface area contributed by atoms with E-state index in [1.165, 1.54) is 0 Å². The first kappa shape index (κ1) is 18.5. The fourth-order valence-electron chi connectivity index (χ4n) is 4.59. The molecule has 0 saturated heterocycles. The lowest BCUT2D eigenvalue weighted by Crippen LogP contribution is -1.98. The van der Waals surface area contributed by atoms with E-state index in [9.17, 15) is 0 Å². The fraction of sp³-hybridized carbons (Fsp3) is 0. The summed E-state index contributed by atoms with van der Waals surface area (Å²) >= 11 is 3.56. The van der Waals surface area contributed by atoms with E-state index in [1.807, 2.05) is 71.1 Å². The van der Waals surface area contributed by atoms with Crippen molar-refractivity contribution in [2.24, 2.45) is 0 Å². The Hall–Kier alpha value is -4.03. The zero-order chi connectivity index (χ0) is 21.9. The number of benzene rings is 4. The molecule has 3 aromatic heterocycles. The number of aromatic nitrogens is 4. The zero-order valence-corrected chi connectivity index (χ0v) is 18.8. The third-order valence-corrected chi connectivity index (χ3v) is 6.49. The summed E-state index contributed by atoms with van der Waals surface area (Å²) in [5.41, 5.74) is 5.56. The molecule has 0 fully saturated rings. The maximum Gasteiger partial charge on any atom is 0.256 e. The predicted molar refractivity (Wildman–Crippen MR) is 134 cm³/mol. The second-order valence-electron chi connectivity index (χ2n) is 7.92. The lowest BCUT2D eigenvalue weighted by atomic mass is 10.0. The molecule has 0 atom stereocenters. The second kappa shape index (κ2) is 6.98. The van der Waals surface area contributed by atoms with Crippen LogP contribution in [0.2, 0.25) is 0 Å². The van der Waals surface area contributed by atoms with Crippen molar-refractivity contribution in [2.75, 3.05) is 0 Å². The number of nitrogens with zero attached hydrogens (tertiary/aromatic N) is 4. The van der Waals surface area contributed by atoms with Gasteiger partial charge < -0.3 is 4.42 Å². The summed E-state index contributed by atoms with van der Waals surface area (Å²) in [4.78, 5) is 5.01. The van der Waals surface area contributed by atoms with Crippen molar-refractivity contribution in [1.29, 1.82) is 0 Å². The molecule has 4 aromatic carbocycles. The lowest BCUT2D eigenvalue weighted by molar-refractivity contribution is 0.669. The molecule has 7 aromatic rings. The van der Waals surface area contributed by atoms with Gasteiger partial charge in [0.05, 0.1) is 11.2 Å². The van der Waals surface area contributed by atoms with Crippen LogP contribution in [0.15, 0.2) is 99.9 Å². The van der Waals surface area contributed by atoms with Gasteiger partial charge in [0, 0.05) is 31.8 Å². The summed E-state index contributed by atoms with van der Waals surface area (Å²) in [5, 5.41) is 12.1. The average molecular weight is 491 g/mol. The molecule has 0 aliphatic heterocycles. The molecule has 7 rings (SSSR count). The number of halogens is 1. The van der Waals surface area contributed by atoms with E-state index in [0.717, 1.165) is 60.0 Å². The van der Waals surface area contributed by atoms with Crippen LogP contribution in [-0.4, -0.2) is 19.6 Å².